The van der Waals surface area contributed by atoms with Crippen LogP contribution in [0.4, 0.5) is 0 Å². The zero-order valence-corrected chi connectivity index (χ0v) is 12.9. The first-order valence-electron chi connectivity index (χ1n) is 6.25. The van der Waals surface area contributed by atoms with Gasteiger partial charge >= 0.3 is 0 Å². The molecule has 0 aromatic carbocycles. The molecule has 2 N–H and O–H groups in total. The van der Waals surface area contributed by atoms with Crippen LogP contribution in [0.1, 0.15) is 40.7 Å². The van der Waals surface area contributed by atoms with Gasteiger partial charge in [-0.05, 0) is 34.6 Å². The molecule has 0 saturated heterocycles. The zero-order valence-electron chi connectivity index (χ0n) is 12.0. The topological polar surface area (TPSA) is 80.0 Å². The second kappa shape index (κ2) is 6.38. The van der Waals surface area contributed by atoms with Gasteiger partial charge in [0.25, 0.3) is 0 Å². The number of nitrogens with zero attached hydrogens (tertiary/aromatic N) is 3. The summed E-state index contributed by atoms with van der Waals surface area (Å²) in [6, 6.07) is 0.259. The molecule has 1 aromatic rings. The van der Waals surface area contributed by atoms with Crippen molar-refractivity contribution in [1.29, 1.82) is 0 Å². The van der Waals surface area contributed by atoms with Crippen molar-refractivity contribution in [2.75, 3.05) is 5.75 Å². The summed E-state index contributed by atoms with van der Waals surface area (Å²) in [4.78, 5) is 11.8. The van der Waals surface area contributed by atoms with Crippen molar-refractivity contribution in [3.05, 3.63) is 6.33 Å². The summed E-state index contributed by atoms with van der Waals surface area (Å²) >= 11 is 1.34. The van der Waals surface area contributed by atoms with E-state index >= 15 is 0 Å². The minimum absolute atomic E-state index is 0.130. The maximum atomic E-state index is 11.8. The van der Waals surface area contributed by atoms with Crippen LogP contribution in [-0.2, 0) is 4.79 Å². The van der Waals surface area contributed by atoms with Gasteiger partial charge in [0, 0.05) is 6.04 Å². The molecule has 108 valence electrons. The number of hydrogen-bond donors (Lipinski definition) is 2. The lowest BCUT2D eigenvalue weighted by atomic mass is 9.99. The molecule has 1 atom stereocenters. The number of amides is 1. The van der Waals surface area contributed by atoms with E-state index in [9.17, 15) is 9.90 Å². The lowest BCUT2D eigenvalue weighted by molar-refractivity contribution is -0.121. The molecular formula is C12H22N4O2S. The van der Waals surface area contributed by atoms with Crippen LogP contribution in [0.25, 0.3) is 0 Å². The quantitative estimate of drug-likeness (QED) is 0.769. The lowest BCUT2D eigenvalue weighted by Gasteiger charge is -2.29. The first-order chi connectivity index (χ1) is 8.74. The fourth-order valence-electron chi connectivity index (χ4n) is 1.32. The van der Waals surface area contributed by atoms with Crippen LogP contribution in [0.15, 0.2) is 11.5 Å². The highest BCUT2D eigenvalue weighted by Crippen LogP contribution is 2.19. The predicted octanol–water partition coefficient (Wildman–Crippen LogP) is 1.23. The fourth-order valence-corrected chi connectivity index (χ4v) is 2.16. The molecule has 0 radical (unpaired) electrons. The monoisotopic (exact) mass is 286 g/mol. The van der Waals surface area contributed by atoms with Crippen molar-refractivity contribution in [2.45, 2.75) is 57.5 Å². The van der Waals surface area contributed by atoms with Crippen LogP contribution in [0.2, 0.25) is 0 Å². The van der Waals surface area contributed by atoms with E-state index in [2.05, 4.69) is 15.5 Å². The van der Waals surface area contributed by atoms with Gasteiger partial charge < -0.3 is 15.0 Å². The Morgan fingerprint density at radius 1 is 1.53 bits per heavy atom. The molecule has 1 aromatic heterocycles. The van der Waals surface area contributed by atoms with Crippen LogP contribution in [0, 0.1) is 0 Å². The number of carbonyl (C=O) groups is 1. The summed E-state index contributed by atoms with van der Waals surface area (Å²) in [7, 11) is 0. The fraction of sp³-hybridized carbons (Fsp3) is 0.750. The van der Waals surface area contributed by atoms with Crippen LogP contribution in [-0.4, -0.2) is 43.2 Å². The average molecular weight is 286 g/mol. The third kappa shape index (κ3) is 4.50. The van der Waals surface area contributed by atoms with E-state index in [1.165, 1.54) is 11.8 Å². The molecule has 0 aliphatic carbocycles. The van der Waals surface area contributed by atoms with Crippen LogP contribution in [0.3, 0.4) is 0 Å². The normalized spacial score (nSPS) is 13.6. The Morgan fingerprint density at radius 3 is 2.68 bits per heavy atom. The number of nitrogens with one attached hydrogen (secondary N) is 1. The number of hydrogen-bond acceptors (Lipinski definition) is 5. The highest BCUT2D eigenvalue weighted by atomic mass is 32.2. The smallest absolute Gasteiger partial charge is 0.230 e. The SMILES string of the molecule is CC(C)n1cnnc1SCC(=O)NC(C)(C)C(C)O. The van der Waals surface area contributed by atoms with Crippen LogP contribution < -0.4 is 5.32 Å². The van der Waals surface area contributed by atoms with E-state index in [1.54, 1.807) is 27.1 Å². The van der Waals surface area contributed by atoms with E-state index in [0.717, 1.165) is 5.16 Å². The standard InChI is InChI=1S/C12H22N4O2S/c1-8(2)16-7-13-15-11(16)19-6-10(18)14-12(4,5)9(3)17/h7-9,17H,6H2,1-5H3,(H,14,18). The first kappa shape index (κ1) is 16.0. The number of carbonyl (C=O) groups excluding carboxylic acids is 1. The van der Waals surface area contributed by atoms with Gasteiger partial charge in [-0.3, -0.25) is 4.79 Å². The summed E-state index contributed by atoms with van der Waals surface area (Å²) in [5.74, 6) is 0.121. The van der Waals surface area contributed by atoms with Gasteiger partial charge in [-0.2, -0.15) is 0 Å². The third-order valence-corrected chi connectivity index (χ3v) is 3.89. The molecule has 1 rings (SSSR count). The molecule has 7 heteroatoms. The second-order valence-electron chi connectivity index (χ2n) is 5.35. The molecule has 0 spiro atoms. The lowest BCUT2D eigenvalue weighted by Crippen LogP contribution is -2.51. The summed E-state index contributed by atoms with van der Waals surface area (Å²) in [5.41, 5.74) is -0.636. The highest BCUT2D eigenvalue weighted by molar-refractivity contribution is 7.99. The van der Waals surface area contributed by atoms with Gasteiger partial charge in [-0.15, -0.1) is 10.2 Å². The van der Waals surface area contributed by atoms with E-state index in [4.69, 9.17) is 0 Å². The largest absolute Gasteiger partial charge is 0.391 e. The predicted molar refractivity (Wildman–Crippen MR) is 75.0 cm³/mol. The summed E-state index contributed by atoms with van der Waals surface area (Å²) < 4.78 is 1.91. The number of rotatable bonds is 6. The Morgan fingerprint density at radius 2 is 2.16 bits per heavy atom. The molecule has 6 nitrogen and oxygen atoms in total. The van der Waals surface area contributed by atoms with Crippen LogP contribution in [0.5, 0.6) is 0 Å². The van der Waals surface area contributed by atoms with E-state index in [1.807, 2.05) is 18.4 Å². The number of aliphatic hydroxyl groups excluding tert-OH is 1. The summed E-state index contributed by atoms with van der Waals surface area (Å²) in [5, 5.41) is 20.9. The highest BCUT2D eigenvalue weighted by Gasteiger charge is 2.26. The van der Waals surface area contributed by atoms with Gasteiger partial charge in [-0.1, -0.05) is 11.8 Å². The Balaban J connectivity index is 2.53. The Labute approximate surface area is 118 Å². The molecule has 1 heterocycles. The Kier molecular flexibility index (Phi) is 5.37. The van der Waals surface area contributed by atoms with Gasteiger partial charge in [-0.25, -0.2) is 0 Å². The minimum atomic E-state index is -0.636. The third-order valence-electron chi connectivity index (χ3n) is 2.93. The minimum Gasteiger partial charge on any atom is -0.391 e. The average Bonchev–Trinajstić information content (AvgIpc) is 2.73. The molecular weight excluding hydrogens is 264 g/mol. The van der Waals surface area contributed by atoms with Crippen molar-refractivity contribution >= 4 is 17.7 Å². The molecule has 0 aliphatic heterocycles. The number of aromatic nitrogens is 3. The molecule has 0 bridgehead atoms. The number of thioether (sulfide) groups is 1. The zero-order chi connectivity index (χ0) is 14.6. The van der Waals surface area contributed by atoms with Crippen molar-refractivity contribution < 1.29 is 9.90 Å². The van der Waals surface area contributed by atoms with Crippen molar-refractivity contribution in [1.82, 2.24) is 20.1 Å². The van der Waals surface area contributed by atoms with Gasteiger partial charge in [0.15, 0.2) is 5.16 Å². The van der Waals surface area contributed by atoms with Crippen molar-refractivity contribution in [2.24, 2.45) is 0 Å². The van der Waals surface area contributed by atoms with Crippen molar-refractivity contribution in [3.8, 4) is 0 Å². The van der Waals surface area contributed by atoms with E-state index in [-0.39, 0.29) is 17.7 Å². The summed E-state index contributed by atoms with van der Waals surface area (Å²) in [6.45, 7) is 9.30. The molecule has 1 unspecified atom stereocenters. The van der Waals surface area contributed by atoms with Gasteiger partial charge in [0.2, 0.25) is 5.91 Å². The first-order valence-corrected chi connectivity index (χ1v) is 7.24. The molecule has 0 fully saturated rings. The second-order valence-corrected chi connectivity index (χ2v) is 6.29. The molecule has 0 aliphatic rings. The molecule has 1 amide bonds. The van der Waals surface area contributed by atoms with Gasteiger partial charge in [0.05, 0.1) is 17.4 Å². The Bertz CT molecular complexity index is 429. The van der Waals surface area contributed by atoms with Crippen molar-refractivity contribution in [3.63, 3.8) is 0 Å². The Hall–Kier alpha value is -1.08. The van der Waals surface area contributed by atoms with E-state index in [0.29, 0.717) is 0 Å². The van der Waals surface area contributed by atoms with Crippen LogP contribution >= 0.6 is 11.8 Å². The maximum Gasteiger partial charge on any atom is 0.230 e. The summed E-state index contributed by atoms with van der Waals surface area (Å²) in [6.07, 6.45) is 1.05. The number of aliphatic hydroxyl groups is 1. The van der Waals surface area contributed by atoms with Gasteiger partial charge in [0.1, 0.15) is 6.33 Å². The maximum absolute atomic E-state index is 11.8. The molecule has 0 saturated carbocycles. The van der Waals surface area contributed by atoms with E-state index < -0.39 is 11.6 Å². The molecule has 19 heavy (non-hydrogen) atoms.